The third kappa shape index (κ3) is 3.67. The maximum atomic E-state index is 5.85. The Balaban J connectivity index is 2.88. The molecular formula is C11H18ClN3. The third-order valence-electron chi connectivity index (χ3n) is 2.12. The van der Waals surface area contributed by atoms with Crippen LogP contribution in [0.15, 0.2) is 6.07 Å². The first-order valence-corrected chi connectivity index (χ1v) is 5.81. The Kier molecular flexibility index (Phi) is 4.82. The molecule has 0 N–H and O–H groups in total. The molecule has 0 unspecified atom stereocenters. The van der Waals surface area contributed by atoms with E-state index in [0.29, 0.717) is 5.28 Å². The Hall–Kier alpha value is -0.830. The van der Waals surface area contributed by atoms with E-state index < -0.39 is 0 Å². The fourth-order valence-corrected chi connectivity index (χ4v) is 1.78. The molecule has 0 amide bonds. The standard InChI is InChI=1S/C11H18ClN3/c1-4-6-15(7-5-2)10-8-9(3)13-11(12)14-10/h8H,4-7H2,1-3H3. The minimum atomic E-state index is 0.335. The summed E-state index contributed by atoms with van der Waals surface area (Å²) in [6.07, 6.45) is 2.22. The van der Waals surface area contributed by atoms with E-state index in [1.807, 2.05) is 13.0 Å². The molecule has 0 aliphatic rings. The lowest BCUT2D eigenvalue weighted by Gasteiger charge is -2.22. The van der Waals surface area contributed by atoms with Crippen LogP contribution in [-0.4, -0.2) is 23.1 Å². The highest BCUT2D eigenvalue weighted by Crippen LogP contribution is 2.15. The van der Waals surface area contributed by atoms with Crippen molar-refractivity contribution in [2.45, 2.75) is 33.6 Å². The van der Waals surface area contributed by atoms with Crippen LogP contribution in [0.25, 0.3) is 0 Å². The summed E-state index contributed by atoms with van der Waals surface area (Å²) in [5.74, 6) is 0.941. The lowest BCUT2D eigenvalue weighted by Crippen LogP contribution is -2.26. The number of hydrogen-bond donors (Lipinski definition) is 0. The van der Waals surface area contributed by atoms with Crippen LogP contribution in [0.2, 0.25) is 5.28 Å². The SMILES string of the molecule is CCCN(CCC)c1cc(C)nc(Cl)n1. The van der Waals surface area contributed by atoms with Gasteiger partial charge < -0.3 is 4.90 Å². The fourth-order valence-electron chi connectivity index (χ4n) is 1.56. The van der Waals surface area contributed by atoms with Crippen LogP contribution in [0.1, 0.15) is 32.4 Å². The minimum absolute atomic E-state index is 0.335. The van der Waals surface area contributed by atoms with Crippen LogP contribution >= 0.6 is 11.6 Å². The van der Waals surface area contributed by atoms with E-state index in [1.165, 1.54) is 0 Å². The number of rotatable bonds is 5. The molecule has 15 heavy (non-hydrogen) atoms. The van der Waals surface area contributed by atoms with Crippen molar-refractivity contribution < 1.29 is 0 Å². The highest BCUT2D eigenvalue weighted by Gasteiger charge is 2.07. The van der Waals surface area contributed by atoms with Crippen LogP contribution in [0, 0.1) is 6.92 Å². The van der Waals surface area contributed by atoms with Crippen LogP contribution in [0.4, 0.5) is 5.82 Å². The van der Waals surface area contributed by atoms with Gasteiger partial charge in [0, 0.05) is 24.8 Å². The number of anilines is 1. The third-order valence-corrected chi connectivity index (χ3v) is 2.29. The van der Waals surface area contributed by atoms with Gasteiger partial charge in [0.2, 0.25) is 5.28 Å². The maximum absolute atomic E-state index is 5.85. The number of hydrogen-bond acceptors (Lipinski definition) is 3. The molecule has 0 aromatic carbocycles. The van der Waals surface area contributed by atoms with Crippen molar-refractivity contribution in [3.8, 4) is 0 Å². The molecule has 0 bridgehead atoms. The molecule has 0 saturated heterocycles. The second kappa shape index (κ2) is 5.91. The first kappa shape index (κ1) is 12.2. The smallest absolute Gasteiger partial charge is 0.224 e. The van der Waals surface area contributed by atoms with Gasteiger partial charge in [0.05, 0.1) is 0 Å². The molecule has 0 aliphatic heterocycles. The van der Waals surface area contributed by atoms with Crippen LogP contribution in [0.3, 0.4) is 0 Å². The predicted molar refractivity (Wildman–Crippen MR) is 64.6 cm³/mol. The summed E-state index contributed by atoms with van der Waals surface area (Å²) in [6, 6.07) is 1.98. The second-order valence-corrected chi connectivity index (χ2v) is 3.96. The van der Waals surface area contributed by atoms with Gasteiger partial charge in [0.15, 0.2) is 0 Å². The highest BCUT2D eigenvalue weighted by atomic mass is 35.5. The number of aromatic nitrogens is 2. The molecule has 4 heteroatoms. The average Bonchev–Trinajstić information content (AvgIpc) is 2.16. The Morgan fingerprint density at radius 3 is 2.27 bits per heavy atom. The first-order valence-electron chi connectivity index (χ1n) is 5.43. The fraction of sp³-hybridized carbons (Fsp3) is 0.636. The summed E-state index contributed by atoms with van der Waals surface area (Å²) in [7, 11) is 0. The normalized spacial score (nSPS) is 10.4. The van der Waals surface area contributed by atoms with E-state index in [1.54, 1.807) is 0 Å². The van der Waals surface area contributed by atoms with Crippen LogP contribution in [0.5, 0.6) is 0 Å². The van der Waals surface area contributed by atoms with Crippen molar-refractivity contribution >= 4 is 17.4 Å². The Morgan fingerprint density at radius 1 is 1.20 bits per heavy atom. The molecule has 0 aliphatic carbocycles. The zero-order valence-corrected chi connectivity index (χ0v) is 10.4. The van der Waals surface area contributed by atoms with Crippen molar-refractivity contribution in [1.82, 2.24) is 9.97 Å². The van der Waals surface area contributed by atoms with Gasteiger partial charge in [-0.2, -0.15) is 0 Å². The lowest BCUT2D eigenvalue weighted by molar-refractivity contribution is 0.731. The van der Waals surface area contributed by atoms with Gasteiger partial charge in [0.1, 0.15) is 5.82 Å². The largest absolute Gasteiger partial charge is 0.356 e. The molecule has 0 saturated carbocycles. The van der Waals surface area contributed by atoms with Crippen molar-refractivity contribution in [2.75, 3.05) is 18.0 Å². The zero-order chi connectivity index (χ0) is 11.3. The minimum Gasteiger partial charge on any atom is -0.356 e. The lowest BCUT2D eigenvalue weighted by atomic mass is 10.3. The number of nitrogens with zero attached hydrogens (tertiary/aromatic N) is 3. The average molecular weight is 228 g/mol. The van der Waals surface area contributed by atoms with Crippen molar-refractivity contribution in [3.05, 3.63) is 17.0 Å². The van der Waals surface area contributed by atoms with Gasteiger partial charge in [-0.25, -0.2) is 9.97 Å². The molecule has 0 spiro atoms. The molecule has 0 atom stereocenters. The van der Waals surface area contributed by atoms with Crippen molar-refractivity contribution in [3.63, 3.8) is 0 Å². The Labute approximate surface area is 96.5 Å². The molecule has 0 fully saturated rings. The van der Waals surface area contributed by atoms with Crippen molar-refractivity contribution in [1.29, 1.82) is 0 Å². The second-order valence-electron chi connectivity index (χ2n) is 3.62. The van der Waals surface area contributed by atoms with E-state index in [9.17, 15) is 0 Å². The monoisotopic (exact) mass is 227 g/mol. The van der Waals surface area contributed by atoms with Gasteiger partial charge in [0.25, 0.3) is 0 Å². The van der Waals surface area contributed by atoms with E-state index in [-0.39, 0.29) is 0 Å². The van der Waals surface area contributed by atoms with Gasteiger partial charge in [-0.1, -0.05) is 13.8 Å². The summed E-state index contributed by atoms with van der Waals surface area (Å²) in [5, 5.41) is 0.335. The number of halogens is 1. The topological polar surface area (TPSA) is 29.0 Å². The van der Waals surface area contributed by atoms with Gasteiger partial charge in [-0.05, 0) is 31.4 Å². The summed E-state index contributed by atoms with van der Waals surface area (Å²) in [5.41, 5.74) is 0.919. The quantitative estimate of drug-likeness (QED) is 0.724. The van der Waals surface area contributed by atoms with E-state index in [2.05, 4.69) is 28.7 Å². The van der Waals surface area contributed by atoms with Crippen LogP contribution in [-0.2, 0) is 0 Å². The number of aryl methyl sites for hydroxylation is 1. The summed E-state index contributed by atoms with van der Waals surface area (Å²) >= 11 is 5.85. The first-order chi connectivity index (χ1) is 7.17. The summed E-state index contributed by atoms with van der Waals surface area (Å²) in [6.45, 7) is 8.30. The van der Waals surface area contributed by atoms with E-state index in [4.69, 9.17) is 11.6 Å². The highest BCUT2D eigenvalue weighted by molar-refractivity contribution is 6.28. The molecule has 84 valence electrons. The summed E-state index contributed by atoms with van der Waals surface area (Å²) in [4.78, 5) is 10.6. The molecule has 1 aromatic rings. The maximum Gasteiger partial charge on any atom is 0.224 e. The summed E-state index contributed by atoms with van der Waals surface area (Å²) < 4.78 is 0. The molecule has 3 nitrogen and oxygen atoms in total. The molecule has 1 aromatic heterocycles. The van der Waals surface area contributed by atoms with Crippen molar-refractivity contribution in [2.24, 2.45) is 0 Å². The van der Waals surface area contributed by atoms with Crippen LogP contribution < -0.4 is 4.90 Å². The molecular weight excluding hydrogens is 210 g/mol. The Bertz CT molecular complexity index is 288. The molecule has 1 rings (SSSR count). The van der Waals surface area contributed by atoms with Gasteiger partial charge in [-0.15, -0.1) is 0 Å². The zero-order valence-electron chi connectivity index (χ0n) is 9.63. The van der Waals surface area contributed by atoms with Gasteiger partial charge in [-0.3, -0.25) is 0 Å². The predicted octanol–water partition coefficient (Wildman–Crippen LogP) is 3.06. The van der Waals surface area contributed by atoms with E-state index >= 15 is 0 Å². The Morgan fingerprint density at radius 2 is 1.80 bits per heavy atom. The molecule has 0 radical (unpaired) electrons. The van der Waals surface area contributed by atoms with E-state index in [0.717, 1.165) is 37.4 Å². The van der Waals surface area contributed by atoms with Gasteiger partial charge >= 0.3 is 0 Å². The molecule has 1 heterocycles.